The van der Waals surface area contributed by atoms with Crippen LogP contribution >= 0.6 is 0 Å². The van der Waals surface area contributed by atoms with Crippen molar-refractivity contribution in [3.63, 3.8) is 0 Å². The lowest BCUT2D eigenvalue weighted by molar-refractivity contribution is -0.123. The van der Waals surface area contributed by atoms with Gasteiger partial charge in [-0.05, 0) is 38.0 Å². The van der Waals surface area contributed by atoms with Crippen LogP contribution in [0.25, 0.3) is 0 Å². The highest BCUT2D eigenvalue weighted by Crippen LogP contribution is 2.27. The van der Waals surface area contributed by atoms with Gasteiger partial charge in [-0.25, -0.2) is 0 Å². The summed E-state index contributed by atoms with van der Waals surface area (Å²) in [4.78, 5) is 11.6. The monoisotopic (exact) mass is 196 g/mol. The van der Waals surface area contributed by atoms with Gasteiger partial charge in [-0.2, -0.15) is 0 Å². The van der Waals surface area contributed by atoms with E-state index in [2.05, 4.69) is 17.6 Å². The Morgan fingerprint density at radius 3 is 2.79 bits per heavy atom. The molecule has 0 aromatic rings. The lowest BCUT2D eigenvalue weighted by Gasteiger charge is -2.37. The van der Waals surface area contributed by atoms with Crippen molar-refractivity contribution in [1.29, 1.82) is 0 Å². The molecule has 3 nitrogen and oxygen atoms in total. The molecule has 1 heterocycles. The van der Waals surface area contributed by atoms with Gasteiger partial charge in [0, 0.05) is 12.6 Å². The molecule has 3 atom stereocenters. The summed E-state index contributed by atoms with van der Waals surface area (Å²) in [5.41, 5.74) is 0. The van der Waals surface area contributed by atoms with E-state index in [9.17, 15) is 4.79 Å². The van der Waals surface area contributed by atoms with E-state index in [-0.39, 0.29) is 11.9 Å². The van der Waals surface area contributed by atoms with Crippen molar-refractivity contribution < 1.29 is 4.79 Å². The number of amides is 1. The summed E-state index contributed by atoms with van der Waals surface area (Å²) in [7, 11) is 0. The zero-order valence-corrected chi connectivity index (χ0v) is 8.88. The fourth-order valence-corrected chi connectivity index (χ4v) is 2.27. The molecule has 1 saturated heterocycles. The largest absolute Gasteiger partial charge is 0.355 e. The Hall–Kier alpha value is -0.570. The van der Waals surface area contributed by atoms with E-state index in [1.54, 1.807) is 0 Å². The molecule has 2 fully saturated rings. The number of hydrogen-bond donors (Lipinski definition) is 2. The Balaban J connectivity index is 1.85. The van der Waals surface area contributed by atoms with Crippen LogP contribution in [0.5, 0.6) is 0 Å². The van der Waals surface area contributed by atoms with Crippen LogP contribution in [0.3, 0.4) is 0 Å². The molecule has 1 aliphatic carbocycles. The van der Waals surface area contributed by atoms with Crippen LogP contribution in [0.1, 0.15) is 39.0 Å². The zero-order chi connectivity index (χ0) is 9.97. The van der Waals surface area contributed by atoms with E-state index in [0.29, 0.717) is 6.04 Å². The summed E-state index contributed by atoms with van der Waals surface area (Å²) in [6, 6.07) is 0.661. The van der Waals surface area contributed by atoms with Gasteiger partial charge in [-0.1, -0.05) is 6.92 Å². The fraction of sp³-hybridized carbons (Fsp3) is 0.909. The van der Waals surface area contributed by atoms with Crippen LogP contribution in [0.2, 0.25) is 0 Å². The summed E-state index contributed by atoms with van der Waals surface area (Å²) in [5.74, 6) is 0.965. The van der Waals surface area contributed by atoms with Gasteiger partial charge in [-0.15, -0.1) is 0 Å². The number of rotatable bonds is 2. The number of carbonyl (C=O) groups is 1. The van der Waals surface area contributed by atoms with E-state index in [1.807, 2.05) is 0 Å². The molecule has 1 aliphatic heterocycles. The second-order valence-corrected chi connectivity index (χ2v) is 4.67. The quantitative estimate of drug-likeness (QED) is 0.693. The molecule has 3 heteroatoms. The molecule has 2 rings (SSSR count). The molecule has 0 radical (unpaired) electrons. The van der Waals surface area contributed by atoms with Crippen molar-refractivity contribution in [2.45, 2.75) is 51.1 Å². The maximum absolute atomic E-state index is 11.6. The molecule has 0 spiro atoms. The molecule has 1 saturated carbocycles. The summed E-state index contributed by atoms with van der Waals surface area (Å²) in [5, 5.41) is 6.44. The van der Waals surface area contributed by atoms with Gasteiger partial charge in [0.1, 0.15) is 0 Å². The minimum absolute atomic E-state index is 0.0743. The molecule has 3 unspecified atom stereocenters. The molecule has 1 amide bonds. The maximum Gasteiger partial charge on any atom is 0.237 e. The Kier molecular flexibility index (Phi) is 3.06. The van der Waals surface area contributed by atoms with Crippen molar-refractivity contribution in [2.75, 3.05) is 6.54 Å². The van der Waals surface area contributed by atoms with Gasteiger partial charge in [0.05, 0.1) is 6.04 Å². The molecular weight excluding hydrogens is 176 g/mol. The first-order valence-corrected chi connectivity index (χ1v) is 5.81. The molecule has 2 aliphatic rings. The van der Waals surface area contributed by atoms with Crippen LogP contribution in [0.15, 0.2) is 0 Å². The van der Waals surface area contributed by atoms with E-state index in [1.165, 1.54) is 12.8 Å². The van der Waals surface area contributed by atoms with Crippen molar-refractivity contribution in [1.82, 2.24) is 10.6 Å². The van der Waals surface area contributed by atoms with Gasteiger partial charge < -0.3 is 10.6 Å². The highest BCUT2D eigenvalue weighted by molar-refractivity contribution is 5.81. The lowest BCUT2D eigenvalue weighted by atomic mass is 9.80. The van der Waals surface area contributed by atoms with Crippen molar-refractivity contribution in [2.24, 2.45) is 5.92 Å². The van der Waals surface area contributed by atoms with Gasteiger partial charge in [-0.3, -0.25) is 4.79 Å². The topological polar surface area (TPSA) is 41.1 Å². The fourth-order valence-electron chi connectivity index (χ4n) is 2.27. The van der Waals surface area contributed by atoms with Crippen LogP contribution in [-0.4, -0.2) is 24.5 Å². The SMILES string of the molecule is CC1CCC1NC1CCCCNC1=O. The predicted molar refractivity (Wildman–Crippen MR) is 56.0 cm³/mol. The minimum Gasteiger partial charge on any atom is -0.355 e. The average molecular weight is 196 g/mol. The molecular formula is C11H20N2O. The molecule has 0 aromatic heterocycles. The maximum atomic E-state index is 11.6. The van der Waals surface area contributed by atoms with Crippen molar-refractivity contribution >= 4 is 5.91 Å². The number of carbonyl (C=O) groups excluding carboxylic acids is 1. The Bertz CT molecular complexity index is 217. The molecule has 0 bridgehead atoms. The Morgan fingerprint density at radius 2 is 2.14 bits per heavy atom. The van der Waals surface area contributed by atoms with Gasteiger partial charge in [0.2, 0.25) is 5.91 Å². The average Bonchev–Trinajstić information content (AvgIpc) is 2.38. The van der Waals surface area contributed by atoms with E-state index < -0.39 is 0 Å². The normalized spacial score (nSPS) is 38.4. The lowest BCUT2D eigenvalue weighted by Crippen LogP contribution is -2.52. The van der Waals surface area contributed by atoms with Crippen LogP contribution in [0.4, 0.5) is 0 Å². The molecule has 0 aromatic carbocycles. The van der Waals surface area contributed by atoms with Crippen LogP contribution < -0.4 is 10.6 Å². The van der Waals surface area contributed by atoms with E-state index in [4.69, 9.17) is 0 Å². The van der Waals surface area contributed by atoms with E-state index in [0.717, 1.165) is 31.7 Å². The third-order valence-corrected chi connectivity index (χ3v) is 3.57. The highest BCUT2D eigenvalue weighted by atomic mass is 16.2. The third-order valence-electron chi connectivity index (χ3n) is 3.57. The Morgan fingerprint density at radius 1 is 1.29 bits per heavy atom. The predicted octanol–water partition coefficient (Wildman–Crippen LogP) is 1.04. The second kappa shape index (κ2) is 4.30. The summed E-state index contributed by atoms with van der Waals surface area (Å²) in [6.07, 6.45) is 5.85. The van der Waals surface area contributed by atoms with Gasteiger partial charge in [0.15, 0.2) is 0 Å². The minimum atomic E-state index is 0.0743. The first-order chi connectivity index (χ1) is 6.77. The summed E-state index contributed by atoms with van der Waals surface area (Å²) in [6.45, 7) is 3.12. The molecule has 14 heavy (non-hydrogen) atoms. The highest BCUT2D eigenvalue weighted by Gasteiger charge is 2.31. The molecule has 80 valence electrons. The number of nitrogens with one attached hydrogen (secondary N) is 2. The third kappa shape index (κ3) is 2.08. The van der Waals surface area contributed by atoms with Crippen molar-refractivity contribution in [3.8, 4) is 0 Å². The first kappa shape index (κ1) is 9.97. The van der Waals surface area contributed by atoms with E-state index >= 15 is 0 Å². The Labute approximate surface area is 85.6 Å². The zero-order valence-electron chi connectivity index (χ0n) is 8.88. The number of hydrogen-bond acceptors (Lipinski definition) is 2. The van der Waals surface area contributed by atoms with Gasteiger partial charge in [0.25, 0.3) is 0 Å². The summed E-state index contributed by atoms with van der Waals surface area (Å²) >= 11 is 0. The standard InChI is InChI=1S/C11H20N2O/c1-8-5-6-9(8)13-10-4-2-3-7-12-11(10)14/h8-10,13H,2-7H2,1H3,(H,12,14). The molecule has 2 N–H and O–H groups in total. The van der Waals surface area contributed by atoms with Crippen LogP contribution in [0, 0.1) is 5.92 Å². The van der Waals surface area contributed by atoms with Crippen molar-refractivity contribution in [3.05, 3.63) is 0 Å². The summed E-state index contributed by atoms with van der Waals surface area (Å²) < 4.78 is 0. The first-order valence-electron chi connectivity index (χ1n) is 5.81. The smallest absolute Gasteiger partial charge is 0.237 e. The van der Waals surface area contributed by atoms with Crippen LogP contribution in [-0.2, 0) is 4.79 Å². The second-order valence-electron chi connectivity index (χ2n) is 4.67. The van der Waals surface area contributed by atoms with Gasteiger partial charge >= 0.3 is 0 Å².